The topological polar surface area (TPSA) is 52.1 Å². The standard InChI is InChI=1S/C15H21ClN2O2S/c1-9(2)13-17-12(16)10(3)14(18-13)21-8-15(5-6-15)7-11(19)20-4/h9H,5-8H2,1-4H3. The van der Waals surface area contributed by atoms with Crippen LogP contribution in [0.1, 0.15) is 50.4 Å². The van der Waals surface area contributed by atoms with Crippen LogP contribution in [0.15, 0.2) is 5.03 Å². The molecule has 0 aromatic carbocycles. The molecule has 21 heavy (non-hydrogen) atoms. The van der Waals surface area contributed by atoms with Gasteiger partial charge in [-0.3, -0.25) is 4.79 Å². The highest BCUT2D eigenvalue weighted by molar-refractivity contribution is 7.99. The Morgan fingerprint density at radius 1 is 1.43 bits per heavy atom. The molecule has 1 aliphatic rings. The van der Waals surface area contributed by atoms with Gasteiger partial charge in [-0.25, -0.2) is 9.97 Å². The van der Waals surface area contributed by atoms with Crippen LogP contribution in [0.5, 0.6) is 0 Å². The number of hydrogen-bond acceptors (Lipinski definition) is 5. The SMILES string of the molecule is COC(=O)CC1(CSc2nc(C(C)C)nc(Cl)c2C)CC1. The fourth-order valence-corrected chi connectivity index (χ4v) is 3.57. The molecule has 2 rings (SSSR count). The number of halogens is 1. The minimum Gasteiger partial charge on any atom is -0.469 e. The summed E-state index contributed by atoms with van der Waals surface area (Å²) in [6.07, 6.45) is 2.64. The minimum absolute atomic E-state index is 0.0830. The number of esters is 1. The molecule has 0 radical (unpaired) electrons. The summed E-state index contributed by atoms with van der Waals surface area (Å²) in [5.74, 6) is 1.75. The molecule has 0 spiro atoms. The van der Waals surface area contributed by atoms with Gasteiger partial charge in [0.25, 0.3) is 0 Å². The molecule has 6 heteroatoms. The van der Waals surface area contributed by atoms with Crippen molar-refractivity contribution >= 4 is 29.3 Å². The molecule has 4 nitrogen and oxygen atoms in total. The van der Waals surface area contributed by atoms with Crippen LogP contribution in [0.2, 0.25) is 5.15 Å². The van der Waals surface area contributed by atoms with Crippen molar-refractivity contribution in [2.24, 2.45) is 5.41 Å². The molecular formula is C15H21ClN2O2S. The van der Waals surface area contributed by atoms with Gasteiger partial charge >= 0.3 is 5.97 Å². The van der Waals surface area contributed by atoms with Gasteiger partial charge in [0.15, 0.2) is 0 Å². The highest BCUT2D eigenvalue weighted by atomic mass is 35.5. The summed E-state index contributed by atoms with van der Waals surface area (Å²) >= 11 is 7.87. The van der Waals surface area contributed by atoms with E-state index in [1.165, 1.54) is 7.11 Å². The van der Waals surface area contributed by atoms with Crippen LogP contribution in [-0.4, -0.2) is 28.8 Å². The normalized spacial score (nSPS) is 16.1. The lowest BCUT2D eigenvalue weighted by atomic mass is 10.1. The Kier molecular flexibility index (Phi) is 5.15. The van der Waals surface area contributed by atoms with Gasteiger partial charge < -0.3 is 4.74 Å². The number of methoxy groups -OCH3 is 1. The maximum Gasteiger partial charge on any atom is 0.306 e. The summed E-state index contributed by atoms with van der Waals surface area (Å²) in [4.78, 5) is 20.4. The number of carbonyl (C=O) groups excluding carboxylic acids is 1. The van der Waals surface area contributed by atoms with Crippen LogP contribution >= 0.6 is 23.4 Å². The second-order valence-electron chi connectivity index (χ2n) is 6.00. The van der Waals surface area contributed by atoms with E-state index in [0.29, 0.717) is 11.6 Å². The second-order valence-corrected chi connectivity index (χ2v) is 7.32. The van der Waals surface area contributed by atoms with Crippen molar-refractivity contribution in [2.45, 2.75) is 51.0 Å². The monoisotopic (exact) mass is 328 g/mol. The number of ether oxygens (including phenoxy) is 1. The van der Waals surface area contributed by atoms with Crippen molar-refractivity contribution in [1.82, 2.24) is 9.97 Å². The third-order valence-electron chi connectivity index (χ3n) is 3.79. The molecular weight excluding hydrogens is 308 g/mol. The molecule has 116 valence electrons. The van der Waals surface area contributed by atoms with E-state index in [1.807, 2.05) is 6.92 Å². The van der Waals surface area contributed by atoms with Crippen LogP contribution < -0.4 is 0 Å². The lowest BCUT2D eigenvalue weighted by Crippen LogP contribution is -2.13. The maximum atomic E-state index is 11.5. The summed E-state index contributed by atoms with van der Waals surface area (Å²) < 4.78 is 4.78. The minimum atomic E-state index is -0.131. The fraction of sp³-hybridized carbons (Fsp3) is 0.667. The molecule has 0 N–H and O–H groups in total. The predicted molar refractivity (Wildman–Crippen MR) is 84.9 cm³/mol. The molecule has 0 amide bonds. The molecule has 1 saturated carbocycles. The van der Waals surface area contributed by atoms with Gasteiger partial charge in [0.05, 0.1) is 13.5 Å². The Labute approximate surface area is 135 Å². The summed E-state index contributed by atoms with van der Waals surface area (Å²) in [5.41, 5.74) is 1.000. The number of nitrogens with zero attached hydrogens (tertiary/aromatic N) is 2. The quantitative estimate of drug-likeness (QED) is 0.449. The number of aromatic nitrogens is 2. The van der Waals surface area contributed by atoms with E-state index >= 15 is 0 Å². The van der Waals surface area contributed by atoms with Crippen molar-refractivity contribution in [3.63, 3.8) is 0 Å². The van der Waals surface area contributed by atoms with E-state index in [-0.39, 0.29) is 17.3 Å². The lowest BCUT2D eigenvalue weighted by Gasteiger charge is -2.15. The highest BCUT2D eigenvalue weighted by Gasteiger charge is 2.44. The van der Waals surface area contributed by atoms with Crippen molar-refractivity contribution in [2.75, 3.05) is 12.9 Å². The zero-order chi connectivity index (χ0) is 15.6. The Hall–Kier alpha value is -0.810. The first-order valence-electron chi connectivity index (χ1n) is 7.10. The average molecular weight is 329 g/mol. The molecule has 1 aliphatic carbocycles. The summed E-state index contributed by atoms with van der Waals surface area (Å²) in [7, 11) is 1.44. The zero-order valence-corrected chi connectivity index (χ0v) is 14.5. The van der Waals surface area contributed by atoms with Crippen molar-refractivity contribution in [3.8, 4) is 0 Å². The highest BCUT2D eigenvalue weighted by Crippen LogP contribution is 2.52. The molecule has 0 unspecified atom stereocenters. The van der Waals surface area contributed by atoms with E-state index in [2.05, 4.69) is 23.8 Å². The van der Waals surface area contributed by atoms with Crippen LogP contribution in [0, 0.1) is 12.3 Å². The van der Waals surface area contributed by atoms with Crippen molar-refractivity contribution in [3.05, 3.63) is 16.5 Å². The molecule has 1 heterocycles. The van der Waals surface area contributed by atoms with Gasteiger partial charge in [-0.2, -0.15) is 0 Å². The molecule has 1 aromatic heterocycles. The largest absolute Gasteiger partial charge is 0.469 e. The molecule has 0 saturated heterocycles. The lowest BCUT2D eigenvalue weighted by molar-refractivity contribution is -0.141. The van der Waals surface area contributed by atoms with E-state index in [0.717, 1.165) is 35.0 Å². The zero-order valence-electron chi connectivity index (χ0n) is 12.9. The average Bonchev–Trinajstić information content (AvgIpc) is 3.20. The molecule has 0 bridgehead atoms. The smallest absolute Gasteiger partial charge is 0.306 e. The van der Waals surface area contributed by atoms with Gasteiger partial charge in [0.2, 0.25) is 0 Å². The van der Waals surface area contributed by atoms with E-state index < -0.39 is 0 Å². The summed E-state index contributed by atoms with van der Waals surface area (Å²) in [6.45, 7) is 6.04. The molecule has 1 aromatic rings. The first-order valence-corrected chi connectivity index (χ1v) is 8.47. The Bertz CT molecular complexity index is 545. The van der Waals surface area contributed by atoms with Crippen LogP contribution in [0.25, 0.3) is 0 Å². The van der Waals surface area contributed by atoms with E-state index in [1.54, 1.807) is 11.8 Å². The first-order chi connectivity index (χ1) is 9.87. The summed E-state index contributed by atoms with van der Waals surface area (Å²) in [5, 5.41) is 1.45. The van der Waals surface area contributed by atoms with Gasteiger partial charge in [-0.15, -0.1) is 11.8 Å². The van der Waals surface area contributed by atoms with Crippen LogP contribution in [0.3, 0.4) is 0 Å². The Morgan fingerprint density at radius 3 is 2.62 bits per heavy atom. The van der Waals surface area contributed by atoms with Crippen LogP contribution in [-0.2, 0) is 9.53 Å². The number of carbonyl (C=O) groups is 1. The van der Waals surface area contributed by atoms with E-state index in [9.17, 15) is 4.79 Å². The third-order valence-corrected chi connectivity index (χ3v) is 5.59. The summed E-state index contributed by atoms with van der Waals surface area (Å²) in [6, 6.07) is 0. The Morgan fingerprint density at radius 2 is 2.10 bits per heavy atom. The van der Waals surface area contributed by atoms with Crippen molar-refractivity contribution in [1.29, 1.82) is 0 Å². The number of hydrogen-bond donors (Lipinski definition) is 0. The number of thioether (sulfide) groups is 1. The van der Waals surface area contributed by atoms with Gasteiger partial charge in [0.1, 0.15) is 16.0 Å². The fourth-order valence-electron chi connectivity index (χ4n) is 2.03. The molecule has 0 atom stereocenters. The van der Waals surface area contributed by atoms with E-state index in [4.69, 9.17) is 16.3 Å². The second kappa shape index (κ2) is 6.53. The predicted octanol–water partition coefficient (Wildman–Crippen LogP) is 4.00. The molecule has 0 aliphatic heterocycles. The van der Waals surface area contributed by atoms with Gasteiger partial charge in [-0.05, 0) is 25.2 Å². The van der Waals surface area contributed by atoms with Crippen molar-refractivity contribution < 1.29 is 9.53 Å². The molecule has 1 fully saturated rings. The number of rotatable bonds is 6. The Balaban J connectivity index is 2.08. The maximum absolute atomic E-state index is 11.5. The first kappa shape index (κ1) is 16.6. The van der Waals surface area contributed by atoms with Crippen LogP contribution in [0.4, 0.5) is 0 Å². The van der Waals surface area contributed by atoms with Gasteiger partial charge in [0, 0.05) is 17.2 Å². The van der Waals surface area contributed by atoms with Gasteiger partial charge in [-0.1, -0.05) is 25.4 Å². The third kappa shape index (κ3) is 4.10.